The molecule has 0 aliphatic carbocycles. The number of methoxy groups -OCH3 is 1. The zero-order valence-corrected chi connectivity index (χ0v) is 7.95. The van der Waals surface area contributed by atoms with Crippen LogP contribution < -0.4 is 5.73 Å². The highest BCUT2D eigenvalue weighted by Gasteiger charge is 2.10. The Hall–Kier alpha value is -1.06. The van der Waals surface area contributed by atoms with E-state index >= 15 is 0 Å². The van der Waals surface area contributed by atoms with Crippen molar-refractivity contribution in [2.24, 2.45) is 5.73 Å². The first-order valence-corrected chi connectivity index (χ1v) is 4.19. The summed E-state index contributed by atoms with van der Waals surface area (Å²) in [7, 11) is 1.59. The molecule has 0 aliphatic heterocycles. The third-order valence-electron chi connectivity index (χ3n) is 1.93. The second-order valence-corrected chi connectivity index (χ2v) is 3.12. The summed E-state index contributed by atoms with van der Waals surface area (Å²) in [5.74, 6) is 0.232. The lowest BCUT2D eigenvalue weighted by Gasteiger charge is -2.12. The fourth-order valence-electron chi connectivity index (χ4n) is 1.24. The van der Waals surface area contributed by atoms with E-state index in [1.165, 1.54) is 0 Å². The van der Waals surface area contributed by atoms with Crippen LogP contribution in [0.3, 0.4) is 0 Å². The second kappa shape index (κ2) is 4.25. The van der Waals surface area contributed by atoms with Crippen molar-refractivity contribution in [2.45, 2.75) is 13.0 Å². The fourth-order valence-corrected chi connectivity index (χ4v) is 1.24. The normalized spacial score (nSPS) is 12.8. The maximum atomic E-state index is 9.50. The minimum absolute atomic E-state index is 0.232. The molecule has 13 heavy (non-hydrogen) atoms. The second-order valence-electron chi connectivity index (χ2n) is 3.12. The van der Waals surface area contributed by atoms with Crippen molar-refractivity contribution < 1.29 is 9.84 Å². The third kappa shape index (κ3) is 2.44. The lowest BCUT2D eigenvalue weighted by molar-refractivity contribution is 0.180. The maximum absolute atomic E-state index is 9.50. The Morgan fingerprint density at radius 3 is 2.85 bits per heavy atom. The van der Waals surface area contributed by atoms with E-state index in [9.17, 15) is 5.11 Å². The molecule has 3 N–H and O–H groups in total. The Bertz CT molecular complexity index is 286. The monoisotopic (exact) mass is 181 g/mol. The van der Waals surface area contributed by atoms with Crippen LogP contribution in [-0.4, -0.2) is 18.8 Å². The van der Waals surface area contributed by atoms with E-state index in [0.717, 1.165) is 11.1 Å². The molecule has 0 radical (unpaired) electrons. The number of phenols is 1. The van der Waals surface area contributed by atoms with Gasteiger partial charge in [0.25, 0.3) is 0 Å². The Morgan fingerprint density at radius 2 is 2.23 bits per heavy atom. The van der Waals surface area contributed by atoms with Gasteiger partial charge in [0, 0.05) is 12.7 Å². The van der Waals surface area contributed by atoms with Crippen molar-refractivity contribution >= 4 is 0 Å². The van der Waals surface area contributed by atoms with Gasteiger partial charge in [-0.25, -0.2) is 0 Å². The predicted molar refractivity (Wildman–Crippen MR) is 51.6 cm³/mol. The van der Waals surface area contributed by atoms with Gasteiger partial charge in [0.2, 0.25) is 0 Å². The Kier molecular flexibility index (Phi) is 3.28. The van der Waals surface area contributed by atoms with Crippen molar-refractivity contribution in [3.05, 3.63) is 29.3 Å². The van der Waals surface area contributed by atoms with Crippen LogP contribution in [0.5, 0.6) is 5.75 Å². The van der Waals surface area contributed by atoms with Crippen molar-refractivity contribution in [2.75, 3.05) is 13.7 Å². The van der Waals surface area contributed by atoms with Crippen molar-refractivity contribution in [3.8, 4) is 5.75 Å². The first kappa shape index (κ1) is 10.0. The van der Waals surface area contributed by atoms with E-state index in [-0.39, 0.29) is 11.8 Å². The molecule has 0 amide bonds. The topological polar surface area (TPSA) is 55.5 Å². The standard InChI is InChI=1S/C10H15NO2/c1-7-3-4-10(12)8(5-7)9(11)6-13-2/h3-5,9,12H,6,11H2,1-2H3. The molecule has 0 aliphatic rings. The molecule has 1 unspecified atom stereocenters. The zero-order chi connectivity index (χ0) is 9.84. The highest BCUT2D eigenvalue weighted by molar-refractivity contribution is 5.37. The molecule has 1 aromatic rings. The van der Waals surface area contributed by atoms with E-state index in [0.29, 0.717) is 6.61 Å². The average Bonchev–Trinajstić information content (AvgIpc) is 2.09. The van der Waals surface area contributed by atoms with Crippen LogP contribution in [0.15, 0.2) is 18.2 Å². The van der Waals surface area contributed by atoms with Crippen LogP contribution >= 0.6 is 0 Å². The lowest BCUT2D eigenvalue weighted by Crippen LogP contribution is -2.16. The smallest absolute Gasteiger partial charge is 0.120 e. The molecule has 1 atom stereocenters. The quantitative estimate of drug-likeness (QED) is 0.740. The molecule has 3 heteroatoms. The van der Waals surface area contributed by atoms with Crippen LogP contribution in [0.2, 0.25) is 0 Å². The number of nitrogens with two attached hydrogens (primary N) is 1. The molecule has 0 saturated carbocycles. The highest BCUT2D eigenvalue weighted by atomic mass is 16.5. The van der Waals surface area contributed by atoms with Gasteiger partial charge in [-0.2, -0.15) is 0 Å². The summed E-state index contributed by atoms with van der Waals surface area (Å²) in [6, 6.07) is 5.11. The number of hydrogen-bond acceptors (Lipinski definition) is 3. The minimum Gasteiger partial charge on any atom is -0.508 e. The van der Waals surface area contributed by atoms with Crippen LogP contribution in [0.25, 0.3) is 0 Å². The van der Waals surface area contributed by atoms with E-state index in [4.69, 9.17) is 10.5 Å². The van der Waals surface area contributed by atoms with Gasteiger partial charge in [-0.1, -0.05) is 17.7 Å². The van der Waals surface area contributed by atoms with Crippen LogP contribution in [0.1, 0.15) is 17.2 Å². The summed E-state index contributed by atoms with van der Waals surface area (Å²) in [5, 5.41) is 9.50. The number of ether oxygens (including phenoxy) is 1. The van der Waals surface area contributed by atoms with Gasteiger partial charge in [0.15, 0.2) is 0 Å². The van der Waals surface area contributed by atoms with Crippen LogP contribution in [0, 0.1) is 6.92 Å². The Morgan fingerprint density at radius 1 is 1.54 bits per heavy atom. The summed E-state index contributed by atoms with van der Waals surface area (Å²) >= 11 is 0. The molecule has 0 spiro atoms. The summed E-state index contributed by atoms with van der Waals surface area (Å²) in [4.78, 5) is 0. The number of benzene rings is 1. The van der Waals surface area contributed by atoms with Gasteiger partial charge in [-0.3, -0.25) is 0 Å². The average molecular weight is 181 g/mol. The first-order valence-electron chi connectivity index (χ1n) is 4.19. The Balaban J connectivity index is 2.91. The summed E-state index contributed by atoms with van der Waals surface area (Å²) in [6.07, 6.45) is 0. The SMILES string of the molecule is COCC(N)c1cc(C)ccc1O. The van der Waals surface area contributed by atoms with Gasteiger partial charge in [-0.05, 0) is 13.0 Å². The molecule has 0 heterocycles. The largest absolute Gasteiger partial charge is 0.508 e. The number of hydrogen-bond donors (Lipinski definition) is 2. The molecule has 0 bridgehead atoms. The number of aryl methyl sites for hydroxylation is 1. The zero-order valence-electron chi connectivity index (χ0n) is 7.95. The number of aromatic hydroxyl groups is 1. The maximum Gasteiger partial charge on any atom is 0.120 e. The summed E-state index contributed by atoms with van der Waals surface area (Å²) < 4.78 is 4.92. The molecule has 1 aromatic carbocycles. The Labute approximate surface area is 78.1 Å². The molecule has 3 nitrogen and oxygen atoms in total. The summed E-state index contributed by atoms with van der Waals surface area (Å²) in [5.41, 5.74) is 7.61. The molecular formula is C10H15NO2. The molecule has 72 valence electrons. The first-order chi connectivity index (χ1) is 6.15. The highest BCUT2D eigenvalue weighted by Crippen LogP contribution is 2.23. The summed E-state index contributed by atoms with van der Waals surface area (Å²) in [6.45, 7) is 2.37. The lowest BCUT2D eigenvalue weighted by atomic mass is 10.0. The van der Waals surface area contributed by atoms with E-state index in [1.807, 2.05) is 19.1 Å². The minimum atomic E-state index is -0.259. The number of rotatable bonds is 3. The van der Waals surface area contributed by atoms with Gasteiger partial charge in [0.1, 0.15) is 5.75 Å². The third-order valence-corrected chi connectivity index (χ3v) is 1.93. The van der Waals surface area contributed by atoms with Crippen molar-refractivity contribution in [3.63, 3.8) is 0 Å². The van der Waals surface area contributed by atoms with Crippen LogP contribution in [0.4, 0.5) is 0 Å². The molecular weight excluding hydrogens is 166 g/mol. The number of phenolic OH excluding ortho intramolecular Hbond substituents is 1. The van der Waals surface area contributed by atoms with E-state index in [2.05, 4.69) is 0 Å². The van der Waals surface area contributed by atoms with E-state index in [1.54, 1.807) is 13.2 Å². The fraction of sp³-hybridized carbons (Fsp3) is 0.400. The van der Waals surface area contributed by atoms with Gasteiger partial charge in [0.05, 0.1) is 12.6 Å². The van der Waals surface area contributed by atoms with Crippen molar-refractivity contribution in [1.82, 2.24) is 0 Å². The van der Waals surface area contributed by atoms with Crippen molar-refractivity contribution in [1.29, 1.82) is 0 Å². The van der Waals surface area contributed by atoms with E-state index < -0.39 is 0 Å². The molecule has 0 fully saturated rings. The van der Waals surface area contributed by atoms with Gasteiger partial charge < -0.3 is 15.6 Å². The van der Waals surface area contributed by atoms with Crippen LogP contribution in [-0.2, 0) is 4.74 Å². The molecule has 0 saturated heterocycles. The van der Waals surface area contributed by atoms with Gasteiger partial charge >= 0.3 is 0 Å². The predicted octanol–water partition coefficient (Wildman–Crippen LogP) is 1.35. The molecule has 1 rings (SSSR count). The molecule has 0 aromatic heterocycles. The van der Waals surface area contributed by atoms with Gasteiger partial charge in [-0.15, -0.1) is 0 Å².